The molecule has 0 aliphatic rings. The fourth-order valence-electron chi connectivity index (χ4n) is 2.95. The standard InChI is InChI=1S/C23H26N4O/c1-17(2)27(16-19-10-5-4-6-11-19)23(28)21-13-14-22(26-25-21)24-15-20-12-8-7-9-18(20)3/h4-14,17H,15-16H2,1-3H3,(H,24,26). The minimum atomic E-state index is -0.114. The van der Waals surface area contributed by atoms with Crippen LogP contribution in [0.15, 0.2) is 66.7 Å². The molecule has 0 saturated carbocycles. The largest absolute Gasteiger partial charge is 0.364 e. The van der Waals surface area contributed by atoms with Crippen LogP contribution < -0.4 is 5.32 Å². The zero-order valence-corrected chi connectivity index (χ0v) is 16.6. The molecule has 0 atom stereocenters. The van der Waals surface area contributed by atoms with E-state index in [0.717, 1.165) is 5.56 Å². The molecule has 28 heavy (non-hydrogen) atoms. The van der Waals surface area contributed by atoms with Gasteiger partial charge in [-0.15, -0.1) is 10.2 Å². The lowest BCUT2D eigenvalue weighted by atomic mass is 10.1. The molecule has 0 saturated heterocycles. The summed E-state index contributed by atoms with van der Waals surface area (Å²) in [5, 5.41) is 11.6. The average molecular weight is 374 g/mol. The van der Waals surface area contributed by atoms with Crippen molar-refractivity contribution in [2.45, 2.75) is 39.9 Å². The minimum Gasteiger partial charge on any atom is -0.364 e. The van der Waals surface area contributed by atoms with Gasteiger partial charge in [0.25, 0.3) is 5.91 Å². The quantitative estimate of drug-likeness (QED) is 0.664. The Labute approximate surface area is 166 Å². The Bertz CT molecular complexity index is 907. The fourth-order valence-corrected chi connectivity index (χ4v) is 2.95. The summed E-state index contributed by atoms with van der Waals surface area (Å²) in [6.45, 7) is 7.31. The Morgan fingerprint density at radius 3 is 2.32 bits per heavy atom. The van der Waals surface area contributed by atoms with Crippen LogP contribution in [-0.4, -0.2) is 27.0 Å². The maximum Gasteiger partial charge on any atom is 0.274 e. The molecule has 1 amide bonds. The summed E-state index contributed by atoms with van der Waals surface area (Å²) in [5.74, 6) is 0.538. The number of carbonyl (C=O) groups excluding carboxylic acids is 1. The number of carbonyl (C=O) groups is 1. The highest BCUT2D eigenvalue weighted by Crippen LogP contribution is 2.14. The second-order valence-corrected chi connectivity index (χ2v) is 7.10. The van der Waals surface area contributed by atoms with E-state index in [9.17, 15) is 4.79 Å². The summed E-state index contributed by atoms with van der Waals surface area (Å²) in [5.41, 5.74) is 3.88. The lowest BCUT2D eigenvalue weighted by Gasteiger charge is -2.26. The Balaban J connectivity index is 1.67. The van der Waals surface area contributed by atoms with Gasteiger partial charge in [0.2, 0.25) is 0 Å². The number of nitrogens with zero attached hydrogens (tertiary/aromatic N) is 3. The summed E-state index contributed by atoms with van der Waals surface area (Å²) in [7, 11) is 0. The fraction of sp³-hybridized carbons (Fsp3) is 0.261. The lowest BCUT2D eigenvalue weighted by Crippen LogP contribution is -2.37. The number of anilines is 1. The van der Waals surface area contributed by atoms with Gasteiger partial charge >= 0.3 is 0 Å². The zero-order valence-electron chi connectivity index (χ0n) is 16.6. The summed E-state index contributed by atoms with van der Waals surface area (Å²) >= 11 is 0. The van der Waals surface area contributed by atoms with E-state index >= 15 is 0 Å². The van der Waals surface area contributed by atoms with Crippen LogP contribution in [0.3, 0.4) is 0 Å². The average Bonchev–Trinajstić information content (AvgIpc) is 2.72. The van der Waals surface area contributed by atoms with Crippen LogP contribution in [0.5, 0.6) is 0 Å². The molecule has 3 aromatic rings. The van der Waals surface area contributed by atoms with Gasteiger partial charge in [-0.1, -0.05) is 54.6 Å². The van der Waals surface area contributed by atoms with Gasteiger partial charge in [0.1, 0.15) is 5.82 Å². The third-order valence-corrected chi connectivity index (χ3v) is 4.68. The van der Waals surface area contributed by atoms with E-state index in [-0.39, 0.29) is 11.9 Å². The number of hydrogen-bond donors (Lipinski definition) is 1. The van der Waals surface area contributed by atoms with Crippen LogP contribution in [0, 0.1) is 6.92 Å². The van der Waals surface area contributed by atoms with Gasteiger partial charge in [-0.25, -0.2) is 0 Å². The maximum absolute atomic E-state index is 12.9. The van der Waals surface area contributed by atoms with Gasteiger partial charge in [0, 0.05) is 19.1 Å². The van der Waals surface area contributed by atoms with Crippen molar-refractivity contribution < 1.29 is 4.79 Å². The SMILES string of the molecule is Cc1ccccc1CNc1ccc(C(=O)N(Cc2ccccc2)C(C)C)nn1. The van der Waals surface area contributed by atoms with Crippen LogP contribution in [0.25, 0.3) is 0 Å². The van der Waals surface area contributed by atoms with Crippen LogP contribution in [-0.2, 0) is 13.1 Å². The maximum atomic E-state index is 12.9. The molecule has 0 unspecified atom stereocenters. The molecule has 0 spiro atoms. The number of hydrogen-bond acceptors (Lipinski definition) is 4. The summed E-state index contributed by atoms with van der Waals surface area (Å²) < 4.78 is 0. The third kappa shape index (κ3) is 4.94. The van der Waals surface area contributed by atoms with Crippen LogP contribution in [0.4, 0.5) is 5.82 Å². The first-order chi connectivity index (χ1) is 13.5. The second-order valence-electron chi connectivity index (χ2n) is 7.10. The van der Waals surface area contributed by atoms with E-state index < -0.39 is 0 Å². The van der Waals surface area contributed by atoms with Crippen molar-refractivity contribution in [1.29, 1.82) is 0 Å². The number of aromatic nitrogens is 2. The monoisotopic (exact) mass is 374 g/mol. The van der Waals surface area contributed by atoms with Crippen molar-refractivity contribution in [2.75, 3.05) is 5.32 Å². The van der Waals surface area contributed by atoms with E-state index in [1.165, 1.54) is 11.1 Å². The molecule has 0 aliphatic heterocycles. The van der Waals surface area contributed by atoms with Crippen LogP contribution >= 0.6 is 0 Å². The molecule has 3 rings (SSSR count). The molecule has 0 fully saturated rings. The van der Waals surface area contributed by atoms with Crippen molar-refractivity contribution in [3.8, 4) is 0 Å². The molecule has 1 heterocycles. The van der Waals surface area contributed by atoms with Crippen LogP contribution in [0.2, 0.25) is 0 Å². The normalized spacial score (nSPS) is 10.7. The van der Waals surface area contributed by atoms with Crippen molar-refractivity contribution >= 4 is 11.7 Å². The second kappa shape index (κ2) is 9.13. The lowest BCUT2D eigenvalue weighted by molar-refractivity contribution is 0.0683. The predicted molar refractivity (Wildman–Crippen MR) is 112 cm³/mol. The van der Waals surface area contributed by atoms with Crippen molar-refractivity contribution in [1.82, 2.24) is 15.1 Å². The summed E-state index contributed by atoms with van der Waals surface area (Å²) in [4.78, 5) is 14.7. The van der Waals surface area contributed by atoms with E-state index in [2.05, 4.69) is 34.6 Å². The van der Waals surface area contributed by atoms with E-state index in [0.29, 0.717) is 24.6 Å². The highest BCUT2D eigenvalue weighted by Gasteiger charge is 2.20. The van der Waals surface area contributed by atoms with Gasteiger partial charge < -0.3 is 10.2 Å². The molecule has 144 valence electrons. The molecule has 0 radical (unpaired) electrons. The first-order valence-corrected chi connectivity index (χ1v) is 9.51. The van der Waals surface area contributed by atoms with Crippen LogP contribution in [0.1, 0.15) is 41.0 Å². The molecular weight excluding hydrogens is 348 g/mol. The number of aryl methyl sites for hydroxylation is 1. The van der Waals surface area contributed by atoms with Gasteiger partial charge in [-0.3, -0.25) is 4.79 Å². The van der Waals surface area contributed by atoms with E-state index in [1.54, 1.807) is 17.0 Å². The van der Waals surface area contributed by atoms with Gasteiger partial charge in [-0.2, -0.15) is 0 Å². The predicted octanol–water partition coefficient (Wildman–Crippen LogP) is 4.45. The minimum absolute atomic E-state index is 0.0633. The highest BCUT2D eigenvalue weighted by atomic mass is 16.2. The number of amides is 1. The number of benzene rings is 2. The summed E-state index contributed by atoms with van der Waals surface area (Å²) in [6, 6.07) is 21.8. The molecular formula is C23H26N4O. The van der Waals surface area contributed by atoms with Crippen molar-refractivity contribution in [3.63, 3.8) is 0 Å². The molecule has 5 nitrogen and oxygen atoms in total. The van der Waals surface area contributed by atoms with Gasteiger partial charge in [0.15, 0.2) is 5.69 Å². The number of rotatable bonds is 7. The summed E-state index contributed by atoms with van der Waals surface area (Å²) in [6.07, 6.45) is 0. The Morgan fingerprint density at radius 2 is 1.68 bits per heavy atom. The molecule has 0 aliphatic carbocycles. The Kier molecular flexibility index (Phi) is 6.37. The zero-order chi connectivity index (χ0) is 19.9. The number of nitrogens with one attached hydrogen (secondary N) is 1. The van der Waals surface area contributed by atoms with E-state index in [4.69, 9.17) is 0 Å². The molecule has 1 N–H and O–H groups in total. The first kappa shape index (κ1) is 19.5. The Hall–Kier alpha value is -3.21. The molecule has 1 aromatic heterocycles. The van der Waals surface area contributed by atoms with Crippen molar-refractivity contribution in [2.24, 2.45) is 0 Å². The molecule has 2 aromatic carbocycles. The topological polar surface area (TPSA) is 58.1 Å². The van der Waals surface area contributed by atoms with Crippen molar-refractivity contribution in [3.05, 3.63) is 89.1 Å². The third-order valence-electron chi connectivity index (χ3n) is 4.68. The first-order valence-electron chi connectivity index (χ1n) is 9.51. The molecule has 5 heteroatoms. The molecule has 0 bridgehead atoms. The van der Waals surface area contributed by atoms with Gasteiger partial charge in [-0.05, 0) is 49.6 Å². The van der Waals surface area contributed by atoms with E-state index in [1.807, 2.05) is 56.3 Å². The smallest absolute Gasteiger partial charge is 0.274 e. The van der Waals surface area contributed by atoms with Gasteiger partial charge in [0.05, 0.1) is 0 Å². The highest BCUT2D eigenvalue weighted by molar-refractivity contribution is 5.92. The Morgan fingerprint density at radius 1 is 0.964 bits per heavy atom.